The summed E-state index contributed by atoms with van der Waals surface area (Å²) in [5, 5.41) is 19.9. The number of carbonyl (C=O) groups excluding carboxylic acids is 1. The van der Waals surface area contributed by atoms with E-state index in [0.717, 1.165) is 39.6 Å². The van der Waals surface area contributed by atoms with E-state index in [1.807, 2.05) is 60.7 Å². The third kappa shape index (κ3) is 3.43. The number of rotatable bonds is 4. The maximum atomic E-state index is 13.3. The molecule has 2 aliphatic rings. The molecule has 4 aromatic rings. The highest BCUT2D eigenvalue weighted by atomic mass is 16.3. The van der Waals surface area contributed by atoms with Crippen molar-refractivity contribution in [2.45, 2.75) is 24.9 Å². The van der Waals surface area contributed by atoms with Crippen molar-refractivity contribution in [1.29, 1.82) is 0 Å². The maximum absolute atomic E-state index is 13.3. The largest absolute Gasteiger partial charge is 0.508 e. The molecule has 0 saturated carbocycles. The normalized spacial score (nSPS) is 20.4. The van der Waals surface area contributed by atoms with Crippen LogP contribution in [0.25, 0.3) is 10.8 Å². The van der Waals surface area contributed by atoms with Crippen molar-refractivity contribution in [3.05, 3.63) is 119 Å². The Labute approximate surface area is 199 Å². The molecule has 1 amide bonds. The van der Waals surface area contributed by atoms with Crippen molar-refractivity contribution in [2.75, 3.05) is 5.32 Å². The third-order valence-corrected chi connectivity index (χ3v) is 7.20. The topological polar surface area (TPSA) is 61.4 Å². The van der Waals surface area contributed by atoms with Gasteiger partial charge in [0.05, 0.1) is 17.3 Å². The molecule has 4 aromatic carbocycles. The van der Waals surface area contributed by atoms with E-state index in [1.54, 1.807) is 6.07 Å². The number of phenolic OH excluding ortho intramolecular Hbond substituents is 1. The van der Waals surface area contributed by atoms with Crippen LogP contribution in [0.1, 0.15) is 45.4 Å². The van der Waals surface area contributed by atoms with Crippen LogP contribution < -0.4 is 10.6 Å². The minimum atomic E-state index is -0.110. The zero-order chi connectivity index (χ0) is 23.1. The first kappa shape index (κ1) is 20.5. The number of nitrogens with one attached hydrogen (secondary N) is 2. The second-order valence-corrected chi connectivity index (χ2v) is 9.13. The Balaban J connectivity index is 1.41. The van der Waals surface area contributed by atoms with E-state index in [-0.39, 0.29) is 29.5 Å². The maximum Gasteiger partial charge on any atom is 0.253 e. The molecule has 34 heavy (non-hydrogen) atoms. The fraction of sp³-hybridized carbons (Fsp3) is 0.167. The molecule has 3 N–H and O–H groups in total. The molecule has 0 radical (unpaired) electrons. The highest BCUT2D eigenvalue weighted by molar-refractivity contribution is 6.01. The van der Waals surface area contributed by atoms with Crippen molar-refractivity contribution < 1.29 is 9.90 Å². The summed E-state index contributed by atoms with van der Waals surface area (Å²) in [6.07, 6.45) is 5.41. The lowest BCUT2D eigenvalue weighted by atomic mass is 9.75. The summed E-state index contributed by atoms with van der Waals surface area (Å²) in [6.45, 7) is 0.475. The Morgan fingerprint density at radius 2 is 1.76 bits per heavy atom. The predicted octanol–water partition coefficient (Wildman–Crippen LogP) is 6.30. The van der Waals surface area contributed by atoms with Gasteiger partial charge in [-0.2, -0.15) is 0 Å². The first-order valence-corrected chi connectivity index (χ1v) is 11.8. The monoisotopic (exact) mass is 446 g/mol. The average molecular weight is 447 g/mol. The highest BCUT2D eigenvalue weighted by Gasteiger charge is 2.40. The molecule has 4 nitrogen and oxygen atoms in total. The SMILES string of the molecule is O=C(NCc1ccccc1)c1cccc2c1NC(c1c(O)ccc3ccccc13)C1CC=CC21. The Kier molecular flexibility index (Phi) is 5.06. The van der Waals surface area contributed by atoms with E-state index in [4.69, 9.17) is 0 Å². The lowest BCUT2D eigenvalue weighted by Gasteiger charge is -2.39. The minimum absolute atomic E-state index is 0.102. The van der Waals surface area contributed by atoms with Crippen LogP contribution in [0.3, 0.4) is 0 Å². The van der Waals surface area contributed by atoms with Gasteiger partial charge in [0.2, 0.25) is 0 Å². The van der Waals surface area contributed by atoms with E-state index in [0.29, 0.717) is 12.1 Å². The molecule has 168 valence electrons. The quantitative estimate of drug-likeness (QED) is 0.322. The summed E-state index contributed by atoms with van der Waals surface area (Å²) < 4.78 is 0. The second-order valence-electron chi connectivity index (χ2n) is 9.13. The van der Waals surface area contributed by atoms with Gasteiger partial charge in [-0.05, 0) is 46.4 Å². The zero-order valence-corrected chi connectivity index (χ0v) is 18.7. The van der Waals surface area contributed by atoms with Crippen molar-refractivity contribution >= 4 is 22.4 Å². The summed E-state index contributed by atoms with van der Waals surface area (Å²) in [6, 6.07) is 27.7. The summed E-state index contributed by atoms with van der Waals surface area (Å²) in [5.41, 5.74) is 4.60. The van der Waals surface area contributed by atoms with Crippen LogP contribution in [0.15, 0.2) is 97.1 Å². The number of hydrogen-bond donors (Lipinski definition) is 3. The first-order chi connectivity index (χ1) is 16.7. The number of fused-ring (bicyclic) bond motifs is 4. The van der Waals surface area contributed by atoms with Gasteiger partial charge in [0.1, 0.15) is 5.75 Å². The van der Waals surface area contributed by atoms with Crippen LogP contribution in [-0.2, 0) is 6.54 Å². The lowest BCUT2D eigenvalue weighted by Crippen LogP contribution is -2.32. The standard InChI is InChI=1S/C30H26N2O2/c33-26-17-16-20-10-4-5-11-21(20)27(26)29-24-14-6-12-22(24)23-13-7-15-25(28(23)32-29)30(34)31-18-19-8-2-1-3-9-19/h1-13,15-17,22,24,29,32-33H,14,18H2,(H,31,34). The molecule has 1 aliphatic carbocycles. The third-order valence-electron chi connectivity index (χ3n) is 7.20. The molecule has 0 aromatic heterocycles. The number of anilines is 1. The van der Waals surface area contributed by atoms with Crippen molar-refractivity contribution in [3.8, 4) is 5.75 Å². The smallest absolute Gasteiger partial charge is 0.253 e. The number of benzene rings is 4. The van der Waals surface area contributed by atoms with E-state index in [2.05, 4.69) is 41.0 Å². The number of aromatic hydroxyl groups is 1. The first-order valence-electron chi connectivity index (χ1n) is 11.8. The molecule has 4 heteroatoms. The van der Waals surface area contributed by atoms with E-state index in [1.165, 1.54) is 0 Å². The van der Waals surface area contributed by atoms with Crippen LogP contribution in [0.4, 0.5) is 5.69 Å². The van der Waals surface area contributed by atoms with Gasteiger partial charge in [0.25, 0.3) is 5.91 Å². The Morgan fingerprint density at radius 3 is 2.65 bits per heavy atom. The molecule has 0 fully saturated rings. The van der Waals surface area contributed by atoms with Crippen LogP contribution in [0.5, 0.6) is 5.75 Å². The number of carbonyl (C=O) groups is 1. The molecule has 6 rings (SSSR count). The number of para-hydroxylation sites is 1. The number of phenols is 1. The molecule has 3 unspecified atom stereocenters. The van der Waals surface area contributed by atoms with E-state index < -0.39 is 0 Å². The Hall–Kier alpha value is -4.05. The molecule has 1 heterocycles. The van der Waals surface area contributed by atoms with Crippen molar-refractivity contribution in [1.82, 2.24) is 5.32 Å². The number of amides is 1. The second kappa shape index (κ2) is 8.38. The molecule has 1 aliphatic heterocycles. The summed E-state index contributed by atoms with van der Waals surface area (Å²) in [4.78, 5) is 13.3. The van der Waals surface area contributed by atoms with Crippen molar-refractivity contribution in [2.24, 2.45) is 5.92 Å². The van der Waals surface area contributed by atoms with Gasteiger partial charge in [-0.3, -0.25) is 4.79 Å². The van der Waals surface area contributed by atoms with Gasteiger partial charge in [-0.15, -0.1) is 0 Å². The van der Waals surface area contributed by atoms with Gasteiger partial charge in [0, 0.05) is 18.0 Å². The fourth-order valence-electron chi connectivity index (χ4n) is 5.58. The van der Waals surface area contributed by atoms with Gasteiger partial charge in [0.15, 0.2) is 0 Å². The van der Waals surface area contributed by atoms with E-state index >= 15 is 0 Å². The predicted molar refractivity (Wildman–Crippen MR) is 136 cm³/mol. The minimum Gasteiger partial charge on any atom is -0.508 e. The van der Waals surface area contributed by atoms with Crippen LogP contribution >= 0.6 is 0 Å². The van der Waals surface area contributed by atoms with Crippen LogP contribution in [-0.4, -0.2) is 11.0 Å². The summed E-state index contributed by atoms with van der Waals surface area (Å²) in [5.74, 6) is 0.652. The van der Waals surface area contributed by atoms with Crippen LogP contribution in [0, 0.1) is 5.92 Å². The van der Waals surface area contributed by atoms with Crippen LogP contribution in [0.2, 0.25) is 0 Å². The van der Waals surface area contributed by atoms with Gasteiger partial charge in [-0.1, -0.05) is 84.9 Å². The molecular formula is C30H26N2O2. The lowest BCUT2D eigenvalue weighted by molar-refractivity contribution is 0.0951. The van der Waals surface area contributed by atoms with Gasteiger partial charge in [-0.25, -0.2) is 0 Å². The highest BCUT2D eigenvalue weighted by Crippen LogP contribution is 2.53. The Morgan fingerprint density at radius 1 is 0.941 bits per heavy atom. The van der Waals surface area contributed by atoms with Gasteiger partial charge >= 0.3 is 0 Å². The van der Waals surface area contributed by atoms with Gasteiger partial charge < -0.3 is 15.7 Å². The molecule has 0 spiro atoms. The number of allylic oxidation sites excluding steroid dienone is 2. The summed E-state index contributed by atoms with van der Waals surface area (Å²) in [7, 11) is 0. The molecule has 0 saturated heterocycles. The number of hydrogen-bond acceptors (Lipinski definition) is 3. The summed E-state index contributed by atoms with van der Waals surface area (Å²) >= 11 is 0. The fourth-order valence-corrected chi connectivity index (χ4v) is 5.58. The molecule has 3 atom stereocenters. The molecular weight excluding hydrogens is 420 g/mol. The molecule has 0 bridgehead atoms. The average Bonchev–Trinajstić information content (AvgIpc) is 3.38. The van der Waals surface area contributed by atoms with E-state index in [9.17, 15) is 9.90 Å². The zero-order valence-electron chi connectivity index (χ0n) is 18.7. The Bertz CT molecular complexity index is 1410. The van der Waals surface area contributed by atoms with Crippen molar-refractivity contribution in [3.63, 3.8) is 0 Å².